The van der Waals surface area contributed by atoms with Crippen LogP contribution in [0.2, 0.25) is 5.15 Å². The van der Waals surface area contributed by atoms with Gasteiger partial charge in [0.2, 0.25) is 0 Å². The molecular weight excluding hydrogens is 324 g/mol. The lowest BCUT2D eigenvalue weighted by Gasteiger charge is -2.36. The van der Waals surface area contributed by atoms with E-state index in [1.165, 1.54) is 5.56 Å². The molecule has 130 valence electrons. The van der Waals surface area contributed by atoms with Gasteiger partial charge in [0.05, 0.1) is 13.3 Å². The number of fused-ring (bicyclic) bond motifs is 1. The highest BCUT2D eigenvalue weighted by Crippen LogP contribution is 2.32. The van der Waals surface area contributed by atoms with E-state index >= 15 is 0 Å². The Morgan fingerprint density at radius 1 is 1.21 bits per heavy atom. The number of ether oxygens (including phenoxy) is 1. The third-order valence-electron chi connectivity index (χ3n) is 4.55. The highest BCUT2D eigenvalue weighted by atomic mass is 35.5. The predicted molar refractivity (Wildman–Crippen MR) is 98.9 cm³/mol. The molecule has 0 aromatic carbocycles. The molecule has 2 aromatic rings. The Morgan fingerprint density at radius 3 is 2.79 bits per heavy atom. The van der Waals surface area contributed by atoms with E-state index in [2.05, 4.69) is 28.6 Å². The molecule has 5 nitrogen and oxygen atoms in total. The van der Waals surface area contributed by atoms with Crippen molar-refractivity contribution in [2.45, 2.75) is 26.2 Å². The average molecular weight is 349 g/mol. The number of rotatable bonds is 5. The van der Waals surface area contributed by atoms with Crippen molar-refractivity contribution < 1.29 is 4.74 Å². The highest BCUT2D eigenvalue weighted by molar-refractivity contribution is 6.30. The van der Waals surface area contributed by atoms with Crippen molar-refractivity contribution in [3.05, 3.63) is 29.2 Å². The van der Waals surface area contributed by atoms with Crippen molar-refractivity contribution in [2.24, 2.45) is 0 Å². The fourth-order valence-corrected chi connectivity index (χ4v) is 3.43. The average Bonchev–Trinajstić information content (AvgIpc) is 2.58. The summed E-state index contributed by atoms with van der Waals surface area (Å²) in [6.07, 6.45) is 4.98. The van der Waals surface area contributed by atoms with Crippen molar-refractivity contribution >= 4 is 28.2 Å². The molecule has 0 unspecified atom stereocenters. The number of anilines is 1. The molecule has 0 bridgehead atoms. The smallest absolute Gasteiger partial charge is 0.139 e. The van der Waals surface area contributed by atoms with E-state index in [-0.39, 0.29) is 0 Å². The van der Waals surface area contributed by atoms with Gasteiger partial charge < -0.3 is 9.64 Å². The zero-order valence-electron chi connectivity index (χ0n) is 14.6. The summed E-state index contributed by atoms with van der Waals surface area (Å²) in [5.74, 6) is 1.40. The molecule has 0 N–H and O–H groups in total. The van der Waals surface area contributed by atoms with Crippen LogP contribution in [0.3, 0.4) is 0 Å². The van der Waals surface area contributed by atoms with E-state index in [0.717, 1.165) is 55.9 Å². The second-order valence-electron chi connectivity index (χ2n) is 6.61. The molecule has 2 aromatic heterocycles. The molecule has 0 atom stereocenters. The molecule has 0 saturated carbocycles. The minimum absolute atomic E-state index is 0.395. The topological polar surface area (TPSA) is 41.5 Å². The van der Waals surface area contributed by atoms with Crippen LogP contribution in [0.5, 0.6) is 0 Å². The van der Waals surface area contributed by atoms with Gasteiger partial charge in [-0.3, -0.25) is 4.90 Å². The van der Waals surface area contributed by atoms with Gasteiger partial charge in [-0.25, -0.2) is 9.97 Å². The number of nitrogens with zero attached hydrogens (tertiary/aromatic N) is 4. The van der Waals surface area contributed by atoms with Crippen LogP contribution in [-0.2, 0) is 4.74 Å². The van der Waals surface area contributed by atoms with Crippen LogP contribution >= 0.6 is 11.6 Å². The van der Waals surface area contributed by atoms with Gasteiger partial charge in [-0.15, -0.1) is 0 Å². The fourth-order valence-electron chi connectivity index (χ4n) is 3.27. The summed E-state index contributed by atoms with van der Waals surface area (Å²) in [5.41, 5.74) is 1.21. The Morgan fingerprint density at radius 2 is 2.04 bits per heavy atom. The van der Waals surface area contributed by atoms with Crippen LogP contribution in [0, 0.1) is 0 Å². The maximum absolute atomic E-state index is 6.15. The van der Waals surface area contributed by atoms with E-state index in [1.807, 2.05) is 18.5 Å². The molecule has 24 heavy (non-hydrogen) atoms. The van der Waals surface area contributed by atoms with Crippen LogP contribution < -0.4 is 4.90 Å². The quantitative estimate of drug-likeness (QED) is 0.773. The van der Waals surface area contributed by atoms with Gasteiger partial charge in [0.15, 0.2) is 0 Å². The first-order valence-electron chi connectivity index (χ1n) is 8.50. The third-order valence-corrected chi connectivity index (χ3v) is 4.76. The van der Waals surface area contributed by atoms with Crippen LogP contribution in [0.15, 0.2) is 18.5 Å². The summed E-state index contributed by atoms with van der Waals surface area (Å²) in [7, 11) is 1.75. The van der Waals surface area contributed by atoms with Crippen molar-refractivity contribution in [3.8, 4) is 0 Å². The lowest BCUT2D eigenvalue weighted by molar-refractivity contribution is 0.139. The molecule has 0 aliphatic carbocycles. The number of pyridine rings is 2. The minimum atomic E-state index is 0.395. The number of hydrogen-bond donors (Lipinski definition) is 0. The van der Waals surface area contributed by atoms with Gasteiger partial charge >= 0.3 is 0 Å². The van der Waals surface area contributed by atoms with Crippen LogP contribution in [-0.4, -0.2) is 54.9 Å². The van der Waals surface area contributed by atoms with E-state index in [1.54, 1.807) is 7.11 Å². The molecule has 1 aliphatic heterocycles. The summed E-state index contributed by atoms with van der Waals surface area (Å²) in [6.45, 7) is 9.04. The third kappa shape index (κ3) is 3.63. The summed E-state index contributed by atoms with van der Waals surface area (Å²) >= 11 is 6.15. The zero-order chi connectivity index (χ0) is 17.1. The van der Waals surface area contributed by atoms with Gasteiger partial charge in [-0.05, 0) is 29.4 Å². The number of hydrogen-bond acceptors (Lipinski definition) is 5. The van der Waals surface area contributed by atoms with Crippen molar-refractivity contribution in [2.75, 3.05) is 44.9 Å². The van der Waals surface area contributed by atoms with Crippen LogP contribution in [0.4, 0.5) is 5.82 Å². The van der Waals surface area contributed by atoms with E-state index < -0.39 is 0 Å². The monoisotopic (exact) mass is 348 g/mol. The van der Waals surface area contributed by atoms with Gasteiger partial charge in [0.25, 0.3) is 0 Å². The Labute approximate surface area is 148 Å². The van der Waals surface area contributed by atoms with Gasteiger partial charge in [-0.2, -0.15) is 0 Å². The Balaban J connectivity index is 1.96. The number of methoxy groups -OCH3 is 1. The Bertz CT molecular complexity index is 707. The summed E-state index contributed by atoms with van der Waals surface area (Å²) in [5, 5.41) is 2.77. The fraction of sp³-hybridized carbons (Fsp3) is 0.556. The second kappa shape index (κ2) is 7.64. The largest absolute Gasteiger partial charge is 0.383 e. The Kier molecular flexibility index (Phi) is 5.54. The number of halogens is 1. The molecule has 0 spiro atoms. The highest BCUT2D eigenvalue weighted by Gasteiger charge is 2.21. The summed E-state index contributed by atoms with van der Waals surface area (Å²) in [6, 6.07) is 1.96. The van der Waals surface area contributed by atoms with Crippen molar-refractivity contribution in [1.82, 2.24) is 14.9 Å². The first kappa shape index (κ1) is 17.4. The normalized spacial score (nSPS) is 16.3. The predicted octanol–water partition coefficient (Wildman–Crippen LogP) is 3.52. The molecule has 1 fully saturated rings. The lowest BCUT2D eigenvalue weighted by atomic mass is 9.99. The lowest BCUT2D eigenvalue weighted by Crippen LogP contribution is -2.46. The standard InChI is InChI=1S/C18H25ClN4O/c1-13(2)15-10-21-18(16-11-20-17(19)9-14(15)16)23-6-4-5-22(12-23)7-8-24-3/h9-11,13H,4-8,12H2,1-3H3. The van der Waals surface area contributed by atoms with Crippen LogP contribution in [0.25, 0.3) is 10.8 Å². The minimum Gasteiger partial charge on any atom is -0.383 e. The summed E-state index contributed by atoms with van der Waals surface area (Å²) < 4.78 is 5.21. The van der Waals surface area contributed by atoms with Crippen molar-refractivity contribution in [1.29, 1.82) is 0 Å². The second-order valence-corrected chi connectivity index (χ2v) is 7.00. The Hall–Kier alpha value is -1.43. The van der Waals surface area contributed by atoms with E-state index in [0.29, 0.717) is 11.1 Å². The van der Waals surface area contributed by atoms with Gasteiger partial charge in [-0.1, -0.05) is 25.4 Å². The van der Waals surface area contributed by atoms with Crippen LogP contribution in [0.1, 0.15) is 31.7 Å². The maximum atomic E-state index is 6.15. The maximum Gasteiger partial charge on any atom is 0.139 e. The molecule has 6 heteroatoms. The van der Waals surface area contributed by atoms with Gasteiger partial charge in [0, 0.05) is 44.5 Å². The molecule has 1 saturated heterocycles. The molecule has 1 aliphatic rings. The molecule has 3 rings (SSSR count). The first-order chi connectivity index (χ1) is 11.6. The van der Waals surface area contributed by atoms with Gasteiger partial charge in [0.1, 0.15) is 11.0 Å². The van der Waals surface area contributed by atoms with Crippen molar-refractivity contribution in [3.63, 3.8) is 0 Å². The zero-order valence-corrected chi connectivity index (χ0v) is 15.4. The van der Waals surface area contributed by atoms with E-state index in [9.17, 15) is 0 Å². The molecule has 0 amide bonds. The molecule has 0 radical (unpaired) electrons. The summed E-state index contributed by atoms with van der Waals surface area (Å²) in [4.78, 5) is 13.8. The SMILES string of the molecule is COCCN1CCCN(c2ncc(C(C)C)c3cc(Cl)ncc23)C1. The number of aromatic nitrogens is 2. The molecular formula is C18H25ClN4O. The first-order valence-corrected chi connectivity index (χ1v) is 8.88. The molecule has 3 heterocycles. The van der Waals surface area contributed by atoms with E-state index in [4.69, 9.17) is 21.3 Å².